The van der Waals surface area contributed by atoms with E-state index in [2.05, 4.69) is 6.58 Å². The summed E-state index contributed by atoms with van der Waals surface area (Å²) in [4.78, 5) is 12.2. The molecular weight excluding hydrogens is 176 g/mol. The van der Waals surface area contributed by atoms with Gasteiger partial charge in [-0.25, -0.2) is 4.79 Å². The van der Waals surface area contributed by atoms with Crippen LogP contribution in [-0.2, 0) is 0 Å². The van der Waals surface area contributed by atoms with E-state index in [0.717, 1.165) is 12.0 Å². The third-order valence-electron chi connectivity index (χ3n) is 1.88. The van der Waals surface area contributed by atoms with E-state index < -0.39 is 6.03 Å². The van der Waals surface area contributed by atoms with E-state index in [0.29, 0.717) is 6.54 Å². The number of rotatable bonds is 5. The highest BCUT2D eigenvalue weighted by Gasteiger charge is 2.02. The second-order valence-corrected chi connectivity index (χ2v) is 2.98. The van der Waals surface area contributed by atoms with Crippen LogP contribution in [0.5, 0.6) is 0 Å². The molecule has 0 atom stereocenters. The molecule has 0 heterocycles. The van der Waals surface area contributed by atoms with Crippen molar-refractivity contribution in [1.82, 2.24) is 4.90 Å². The number of hydrogen-bond donors (Lipinski definition) is 1. The van der Waals surface area contributed by atoms with Crippen LogP contribution in [0, 0.1) is 0 Å². The van der Waals surface area contributed by atoms with Crippen molar-refractivity contribution in [3.8, 4) is 0 Å². The number of nitrogens with zero attached hydrogens (tertiary/aromatic N) is 1. The molecule has 0 aromatic rings. The molecule has 0 aliphatic rings. The highest BCUT2D eigenvalue weighted by atomic mass is 16.2. The smallest absolute Gasteiger partial charge is 0.314 e. The zero-order valence-electron chi connectivity index (χ0n) is 8.86. The van der Waals surface area contributed by atoms with Crippen LogP contribution in [0.15, 0.2) is 36.5 Å². The van der Waals surface area contributed by atoms with Crippen molar-refractivity contribution in [2.75, 3.05) is 13.6 Å². The van der Waals surface area contributed by atoms with Crippen molar-refractivity contribution >= 4 is 6.03 Å². The number of urea groups is 1. The molecule has 0 saturated carbocycles. The largest absolute Gasteiger partial charge is 0.351 e. The average Bonchev–Trinajstić information content (AvgIpc) is 2.17. The zero-order valence-corrected chi connectivity index (χ0v) is 8.86. The fourth-order valence-corrected chi connectivity index (χ4v) is 0.880. The molecular formula is C11H18N2O. The van der Waals surface area contributed by atoms with Crippen LogP contribution in [0.4, 0.5) is 4.79 Å². The molecule has 2 N–H and O–H groups in total. The topological polar surface area (TPSA) is 46.3 Å². The average molecular weight is 194 g/mol. The Morgan fingerprint density at radius 2 is 2.21 bits per heavy atom. The number of primary amides is 1. The summed E-state index contributed by atoms with van der Waals surface area (Å²) in [5.74, 6) is 0. The fourth-order valence-electron chi connectivity index (χ4n) is 0.880. The van der Waals surface area contributed by atoms with Gasteiger partial charge in [0.25, 0.3) is 0 Å². The van der Waals surface area contributed by atoms with Gasteiger partial charge in [0.2, 0.25) is 0 Å². The minimum atomic E-state index is -0.403. The van der Waals surface area contributed by atoms with Crippen LogP contribution in [-0.4, -0.2) is 24.5 Å². The summed E-state index contributed by atoms with van der Waals surface area (Å²) >= 11 is 0. The van der Waals surface area contributed by atoms with Gasteiger partial charge in [-0.1, -0.05) is 30.9 Å². The van der Waals surface area contributed by atoms with E-state index in [9.17, 15) is 4.79 Å². The molecule has 3 heteroatoms. The van der Waals surface area contributed by atoms with Crippen molar-refractivity contribution < 1.29 is 4.79 Å². The van der Waals surface area contributed by atoms with Crippen LogP contribution in [0.2, 0.25) is 0 Å². The van der Waals surface area contributed by atoms with Gasteiger partial charge in [0.15, 0.2) is 0 Å². The molecule has 0 aromatic carbocycles. The molecule has 0 aliphatic carbocycles. The minimum Gasteiger partial charge on any atom is -0.351 e. The summed E-state index contributed by atoms with van der Waals surface area (Å²) in [6, 6.07) is -0.403. The standard InChI is InChI=1S/C11H18N2O/c1-4-6-7-10(5-2)8-9-13(3)11(12)14/h4-7H,2,8-9H2,1,3H3,(H2,12,14)/b6-4-,10-7+. The number of hydrogen-bond acceptors (Lipinski definition) is 1. The Balaban J connectivity index is 4.08. The van der Waals surface area contributed by atoms with Crippen LogP contribution in [0.25, 0.3) is 0 Å². The van der Waals surface area contributed by atoms with Crippen molar-refractivity contribution in [1.29, 1.82) is 0 Å². The molecule has 0 bridgehead atoms. The first-order valence-corrected chi connectivity index (χ1v) is 4.56. The number of allylic oxidation sites excluding steroid dienone is 4. The maximum Gasteiger partial charge on any atom is 0.314 e. The summed E-state index contributed by atoms with van der Waals surface area (Å²) in [5.41, 5.74) is 6.19. The molecule has 78 valence electrons. The lowest BCUT2D eigenvalue weighted by Crippen LogP contribution is -2.32. The summed E-state index contributed by atoms with van der Waals surface area (Å²) in [6.45, 7) is 6.27. The molecule has 0 unspecified atom stereocenters. The van der Waals surface area contributed by atoms with E-state index in [1.165, 1.54) is 4.90 Å². The summed E-state index contributed by atoms with van der Waals surface area (Å²) in [5, 5.41) is 0. The van der Waals surface area contributed by atoms with Gasteiger partial charge in [-0.15, -0.1) is 0 Å². The van der Waals surface area contributed by atoms with Crippen molar-refractivity contribution in [3.05, 3.63) is 36.5 Å². The maximum absolute atomic E-state index is 10.7. The Morgan fingerprint density at radius 1 is 1.57 bits per heavy atom. The van der Waals surface area contributed by atoms with Gasteiger partial charge in [0.1, 0.15) is 0 Å². The van der Waals surface area contributed by atoms with Crippen LogP contribution < -0.4 is 5.73 Å². The molecule has 0 aliphatic heterocycles. The van der Waals surface area contributed by atoms with Gasteiger partial charge in [-0.2, -0.15) is 0 Å². The second kappa shape index (κ2) is 6.95. The highest BCUT2D eigenvalue weighted by Crippen LogP contribution is 2.03. The van der Waals surface area contributed by atoms with E-state index in [4.69, 9.17) is 5.73 Å². The summed E-state index contributed by atoms with van der Waals surface area (Å²) in [7, 11) is 1.68. The molecule has 14 heavy (non-hydrogen) atoms. The van der Waals surface area contributed by atoms with Crippen molar-refractivity contribution in [3.63, 3.8) is 0 Å². The predicted molar refractivity (Wildman–Crippen MR) is 59.9 cm³/mol. The lowest BCUT2D eigenvalue weighted by Gasteiger charge is -2.13. The number of nitrogens with two attached hydrogens (primary N) is 1. The number of carbonyl (C=O) groups is 1. The molecule has 3 nitrogen and oxygen atoms in total. The molecule has 0 spiro atoms. The zero-order chi connectivity index (χ0) is 11.0. The van der Waals surface area contributed by atoms with Gasteiger partial charge in [-0.05, 0) is 18.9 Å². The fraction of sp³-hybridized carbons (Fsp3) is 0.364. The summed E-state index contributed by atoms with van der Waals surface area (Å²) in [6.07, 6.45) is 8.42. The molecule has 0 radical (unpaired) electrons. The van der Waals surface area contributed by atoms with Gasteiger partial charge in [0, 0.05) is 13.6 Å². The monoisotopic (exact) mass is 194 g/mol. The molecule has 0 aromatic heterocycles. The quantitative estimate of drug-likeness (QED) is 0.669. The van der Waals surface area contributed by atoms with Crippen LogP contribution in [0.3, 0.4) is 0 Å². The molecule has 0 saturated heterocycles. The normalized spacial score (nSPS) is 11.7. The second-order valence-electron chi connectivity index (χ2n) is 2.98. The van der Waals surface area contributed by atoms with Gasteiger partial charge < -0.3 is 10.6 Å². The molecule has 0 fully saturated rings. The van der Waals surface area contributed by atoms with E-state index in [1.807, 2.05) is 25.2 Å². The lowest BCUT2D eigenvalue weighted by molar-refractivity contribution is 0.219. The SMILES string of the molecule is C=C/C(=C\C=C/C)CCN(C)C(N)=O. The lowest BCUT2D eigenvalue weighted by atomic mass is 10.1. The van der Waals surface area contributed by atoms with E-state index in [1.54, 1.807) is 13.1 Å². The highest BCUT2D eigenvalue weighted by molar-refractivity contribution is 5.71. The van der Waals surface area contributed by atoms with Gasteiger partial charge >= 0.3 is 6.03 Å². The first kappa shape index (κ1) is 12.5. The Labute approximate surface area is 85.6 Å². The van der Waals surface area contributed by atoms with Gasteiger partial charge in [0.05, 0.1) is 0 Å². The number of amides is 2. The van der Waals surface area contributed by atoms with E-state index >= 15 is 0 Å². The Kier molecular flexibility index (Phi) is 6.20. The maximum atomic E-state index is 10.7. The molecule has 0 rings (SSSR count). The van der Waals surface area contributed by atoms with E-state index in [-0.39, 0.29) is 0 Å². The first-order valence-electron chi connectivity index (χ1n) is 4.56. The minimum absolute atomic E-state index is 0.403. The Hall–Kier alpha value is -1.51. The third-order valence-corrected chi connectivity index (χ3v) is 1.88. The summed E-state index contributed by atoms with van der Waals surface area (Å²) < 4.78 is 0. The van der Waals surface area contributed by atoms with Crippen LogP contribution in [0.1, 0.15) is 13.3 Å². The van der Waals surface area contributed by atoms with Gasteiger partial charge in [-0.3, -0.25) is 0 Å². The van der Waals surface area contributed by atoms with Crippen molar-refractivity contribution in [2.45, 2.75) is 13.3 Å². The van der Waals surface area contributed by atoms with Crippen LogP contribution >= 0.6 is 0 Å². The van der Waals surface area contributed by atoms with Crippen molar-refractivity contribution in [2.24, 2.45) is 5.73 Å². The third kappa shape index (κ3) is 5.19. The predicted octanol–water partition coefficient (Wildman–Crippen LogP) is 2.08. The Bertz CT molecular complexity index is 254. The first-order chi connectivity index (χ1) is 6.61. The number of carbonyl (C=O) groups excluding carboxylic acids is 1. The molecule has 2 amide bonds. The Morgan fingerprint density at radius 3 is 2.64 bits per heavy atom.